The second-order valence-electron chi connectivity index (χ2n) is 3.55. The van der Waals surface area contributed by atoms with Crippen LogP contribution in [0, 0.1) is 3.57 Å². The van der Waals surface area contributed by atoms with Crippen molar-refractivity contribution >= 4 is 34.5 Å². The number of rotatable bonds is 5. The first-order chi connectivity index (χ1) is 8.45. The molecule has 0 bridgehead atoms. The van der Waals surface area contributed by atoms with Crippen molar-refractivity contribution < 1.29 is 19.8 Å². The van der Waals surface area contributed by atoms with Crippen molar-refractivity contribution in [1.29, 1.82) is 0 Å². The molecule has 18 heavy (non-hydrogen) atoms. The maximum atomic E-state index is 11.8. The smallest absolute Gasteiger partial charge is 0.326 e. The molecule has 6 heteroatoms. The van der Waals surface area contributed by atoms with Gasteiger partial charge in [0.15, 0.2) is 0 Å². The maximum absolute atomic E-state index is 11.8. The van der Waals surface area contributed by atoms with E-state index in [2.05, 4.69) is 11.9 Å². The van der Waals surface area contributed by atoms with Crippen molar-refractivity contribution in [1.82, 2.24) is 5.32 Å². The van der Waals surface area contributed by atoms with E-state index in [1.54, 1.807) is 6.07 Å². The molecule has 0 aliphatic carbocycles. The lowest BCUT2D eigenvalue weighted by Crippen LogP contribution is -2.40. The van der Waals surface area contributed by atoms with Gasteiger partial charge in [0, 0.05) is 3.57 Å². The number of benzene rings is 1. The minimum absolute atomic E-state index is 0.0530. The molecule has 0 spiro atoms. The molecule has 0 fully saturated rings. The number of halogens is 1. The molecule has 1 atom stereocenters. The Kier molecular flexibility index (Phi) is 5.14. The van der Waals surface area contributed by atoms with E-state index in [-0.39, 0.29) is 17.7 Å². The van der Waals surface area contributed by atoms with Gasteiger partial charge in [0.05, 0.1) is 5.56 Å². The van der Waals surface area contributed by atoms with Crippen LogP contribution in [0.5, 0.6) is 5.75 Å². The summed E-state index contributed by atoms with van der Waals surface area (Å²) in [6.45, 7) is 3.43. The molecule has 1 unspecified atom stereocenters. The summed E-state index contributed by atoms with van der Waals surface area (Å²) >= 11 is 2.00. The van der Waals surface area contributed by atoms with Crippen LogP contribution in [-0.2, 0) is 4.79 Å². The Balaban J connectivity index is 2.89. The number of carbonyl (C=O) groups excluding carboxylic acids is 1. The van der Waals surface area contributed by atoms with Crippen LogP contribution in [0.25, 0.3) is 0 Å². The van der Waals surface area contributed by atoms with Crippen LogP contribution in [0.3, 0.4) is 0 Å². The third-order valence-corrected chi connectivity index (χ3v) is 2.88. The van der Waals surface area contributed by atoms with Gasteiger partial charge in [0.25, 0.3) is 5.91 Å². The fourth-order valence-corrected chi connectivity index (χ4v) is 1.81. The lowest BCUT2D eigenvalue weighted by molar-refractivity contribution is -0.139. The SMILES string of the molecule is C=CCC(NC(=O)c1cc(I)ccc1O)C(=O)O. The highest BCUT2D eigenvalue weighted by atomic mass is 127. The van der Waals surface area contributed by atoms with Crippen molar-refractivity contribution in [3.63, 3.8) is 0 Å². The molecule has 0 aliphatic heterocycles. The molecule has 5 nitrogen and oxygen atoms in total. The highest BCUT2D eigenvalue weighted by molar-refractivity contribution is 14.1. The molecule has 0 heterocycles. The molecule has 3 N–H and O–H groups in total. The molecule has 0 radical (unpaired) electrons. The second-order valence-corrected chi connectivity index (χ2v) is 4.80. The van der Waals surface area contributed by atoms with Crippen LogP contribution in [0.4, 0.5) is 0 Å². The quantitative estimate of drug-likeness (QED) is 0.551. The first-order valence-corrected chi connectivity index (χ1v) is 6.16. The van der Waals surface area contributed by atoms with Gasteiger partial charge in [-0.1, -0.05) is 6.08 Å². The van der Waals surface area contributed by atoms with Crippen LogP contribution >= 0.6 is 22.6 Å². The normalized spacial score (nSPS) is 11.6. The van der Waals surface area contributed by atoms with Crippen LogP contribution in [0.2, 0.25) is 0 Å². The van der Waals surface area contributed by atoms with E-state index in [1.165, 1.54) is 18.2 Å². The molecule has 1 amide bonds. The Labute approximate surface area is 118 Å². The highest BCUT2D eigenvalue weighted by Crippen LogP contribution is 2.19. The Hall–Kier alpha value is -1.57. The van der Waals surface area contributed by atoms with Crippen LogP contribution in [0.1, 0.15) is 16.8 Å². The Bertz CT molecular complexity index is 487. The van der Waals surface area contributed by atoms with Crippen LogP contribution in [0.15, 0.2) is 30.9 Å². The topological polar surface area (TPSA) is 86.6 Å². The number of hydrogen-bond acceptors (Lipinski definition) is 3. The van der Waals surface area contributed by atoms with E-state index in [4.69, 9.17) is 5.11 Å². The van der Waals surface area contributed by atoms with Crippen molar-refractivity contribution in [2.75, 3.05) is 0 Å². The van der Waals surface area contributed by atoms with Gasteiger partial charge >= 0.3 is 5.97 Å². The summed E-state index contributed by atoms with van der Waals surface area (Å²) in [7, 11) is 0. The number of amides is 1. The second kappa shape index (κ2) is 6.39. The molecule has 96 valence electrons. The molecule has 1 rings (SSSR count). The molecule has 1 aromatic carbocycles. The summed E-state index contributed by atoms with van der Waals surface area (Å²) in [5.41, 5.74) is 0.0530. The fraction of sp³-hybridized carbons (Fsp3) is 0.167. The predicted molar refractivity (Wildman–Crippen MR) is 74.5 cm³/mol. The number of phenolic OH excluding ortho intramolecular Hbond substituents is 1. The van der Waals surface area contributed by atoms with E-state index in [0.29, 0.717) is 0 Å². The molecular weight excluding hydrogens is 349 g/mol. The number of aromatic hydroxyl groups is 1. The van der Waals surface area contributed by atoms with Gasteiger partial charge in [-0.2, -0.15) is 0 Å². The number of aliphatic carboxylic acids is 1. The van der Waals surface area contributed by atoms with E-state index in [9.17, 15) is 14.7 Å². The molecule has 1 aromatic rings. The van der Waals surface area contributed by atoms with E-state index >= 15 is 0 Å². The van der Waals surface area contributed by atoms with Gasteiger partial charge in [0.2, 0.25) is 0 Å². The summed E-state index contributed by atoms with van der Waals surface area (Å²) in [5.74, 6) is -1.95. The lowest BCUT2D eigenvalue weighted by Gasteiger charge is -2.13. The summed E-state index contributed by atoms with van der Waals surface area (Å²) in [6.07, 6.45) is 1.53. The molecule has 0 aromatic heterocycles. The van der Waals surface area contributed by atoms with Crippen molar-refractivity contribution in [2.24, 2.45) is 0 Å². The maximum Gasteiger partial charge on any atom is 0.326 e. The number of carboxylic acid groups (broad SMARTS) is 1. The van der Waals surface area contributed by atoms with Crippen molar-refractivity contribution in [3.8, 4) is 5.75 Å². The van der Waals surface area contributed by atoms with E-state index in [1.807, 2.05) is 22.6 Å². The summed E-state index contributed by atoms with van der Waals surface area (Å²) in [6, 6.07) is 3.47. The zero-order chi connectivity index (χ0) is 13.7. The highest BCUT2D eigenvalue weighted by Gasteiger charge is 2.20. The van der Waals surface area contributed by atoms with Gasteiger partial charge in [-0.3, -0.25) is 4.79 Å². The zero-order valence-electron chi connectivity index (χ0n) is 9.39. The van der Waals surface area contributed by atoms with E-state index < -0.39 is 17.9 Å². The summed E-state index contributed by atoms with van der Waals surface area (Å²) in [4.78, 5) is 22.7. The Morgan fingerprint density at radius 1 is 1.50 bits per heavy atom. The van der Waals surface area contributed by atoms with Gasteiger partial charge < -0.3 is 15.5 Å². The lowest BCUT2D eigenvalue weighted by atomic mass is 10.1. The molecule has 0 saturated carbocycles. The molecular formula is C12H12INO4. The standard InChI is InChI=1S/C12H12INO4/c1-2-3-9(12(17)18)14-11(16)8-6-7(13)4-5-10(8)15/h2,4-6,9,15H,1,3H2,(H,14,16)(H,17,18). The summed E-state index contributed by atoms with van der Waals surface area (Å²) in [5, 5.41) is 20.8. The average molecular weight is 361 g/mol. The van der Waals surface area contributed by atoms with Crippen LogP contribution in [-0.4, -0.2) is 28.1 Å². The minimum Gasteiger partial charge on any atom is -0.507 e. The van der Waals surface area contributed by atoms with Crippen LogP contribution < -0.4 is 5.32 Å². The number of phenols is 1. The fourth-order valence-electron chi connectivity index (χ4n) is 1.31. The predicted octanol–water partition coefficient (Wildman–Crippen LogP) is 1.76. The molecule has 0 saturated heterocycles. The van der Waals surface area contributed by atoms with Gasteiger partial charge in [-0.25, -0.2) is 4.79 Å². The average Bonchev–Trinajstić information content (AvgIpc) is 2.31. The number of carboxylic acids is 1. The van der Waals surface area contributed by atoms with E-state index in [0.717, 1.165) is 3.57 Å². The number of hydrogen-bond donors (Lipinski definition) is 3. The number of carbonyl (C=O) groups is 2. The van der Waals surface area contributed by atoms with Gasteiger partial charge in [-0.05, 0) is 47.2 Å². The third kappa shape index (κ3) is 3.73. The monoisotopic (exact) mass is 361 g/mol. The Morgan fingerprint density at radius 2 is 2.17 bits per heavy atom. The van der Waals surface area contributed by atoms with Gasteiger partial charge in [-0.15, -0.1) is 6.58 Å². The zero-order valence-corrected chi connectivity index (χ0v) is 11.5. The van der Waals surface area contributed by atoms with Crippen molar-refractivity contribution in [2.45, 2.75) is 12.5 Å². The first kappa shape index (κ1) is 14.5. The Morgan fingerprint density at radius 3 is 2.72 bits per heavy atom. The van der Waals surface area contributed by atoms with Gasteiger partial charge in [0.1, 0.15) is 11.8 Å². The third-order valence-electron chi connectivity index (χ3n) is 2.21. The first-order valence-electron chi connectivity index (χ1n) is 5.08. The number of nitrogens with one attached hydrogen (secondary N) is 1. The van der Waals surface area contributed by atoms with Crippen molar-refractivity contribution in [3.05, 3.63) is 40.0 Å². The largest absolute Gasteiger partial charge is 0.507 e. The summed E-state index contributed by atoms with van der Waals surface area (Å²) < 4.78 is 0.770. The minimum atomic E-state index is -1.15. The molecule has 0 aliphatic rings.